The van der Waals surface area contributed by atoms with Crippen molar-refractivity contribution in [1.82, 2.24) is 29.3 Å². The molecule has 30 nitrogen and oxygen atoms in total. The number of ether oxygens (including phenoxy) is 15. The molecule has 3 aromatic carbocycles. The standard InChI is InChI=1S/3C28H37N3O7/c1-28(2,3)26(32)24-20-31-19-22(7-10-25(31)30-24)29-27(33)21-5-8-23(9-6-21)38-18-17-37-16-15-36-14-13-35-12-11-34-4;1-28(2,3)25(32)24-18-21-17-22(19-29-26(21)31-24)30-27(33)20-5-7-23(8-6-20)38-16-15-37-14-13-36-12-11-35-10-9-34-4;1-28(2,3)26(32)23-17-21-18-25(29-19-24(21)30-23)31-27(33)20-5-7-22(8-6-20)38-16-15-37-14-13-36-12-11-35-10-9-34-4/h5-10,19-20H,11-18H2,1-4H3,(H,29,33);5-8,17-19H,9-16H2,1-4H3,(H,29,31)(H,30,33);5-8,17-19,30H,9-16H2,1-4H3,(H,29,31,33). The van der Waals surface area contributed by atoms with Gasteiger partial charge in [0.05, 0.1) is 179 Å². The van der Waals surface area contributed by atoms with Crippen LogP contribution in [0.4, 0.5) is 17.2 Å². The Bertz CT molecular complexity index is 3950. The van der Waals surface area contributed by atoms with Gasteiger partial charge in [0.25, 0.3) is 17.7 Å². The minimum atomic E-state index is -0.521. The van der Waals surface area contributed by atoms with E-state index in [1.165, 1.54) is 0 Å². The third-order valence-corrected chi connectivity index (χ3v) is 16.3. The summed E-state index contributed by atoms with van der Waals surface area (Å²) in [6.07, 6.45) is 6.58. The molecule has 30 heteroatoms. The maximum Gasteiger partial charge on any atom is 0.256 e. The summed E-state index contributed by atoms with van der Waals surface area (Å²) in [6, 6.07) is 31.1. The second-order valence-electron chi connectivity index (χ2n) is 28.7. The number of carbonyl (C=O) groups is 6. The van der Waals surface area contributed by atoms with Gasteiger partial charge in [0.1, 0.15) is 59.9 Å². The minimum Gasteiger partial charge on any atom is -0.491 e. The average Bonchev–Trinajstić information content (AvgIpc) is 1.67. The van der Waals surface area contributed by atoms with Crippen molar-refractivity contribution in [2.45, 2.75) is 62.3 Å². The Balaban J connectivity index is 0.000000237. The van der Waals surface area contributed by atoms with Crippen molar-refractivity contribution in [2.75, 3.05) is 196 Å². The number of anilines is 3. The fourth-order valence-corrected chi connectivity index (χ4v) is 10.2. The fraction of sp³-hybridized carbons (Fsp3) is 0.464. The Morgan fingerprint density at radius 2 is 0.719 bits per heavy atom. The first-order valence-corrected chi connectivity index (χ1v) is 37.7. The van der Waals surface area contributed by atoms with Crippen LogP contribution in [0.1, 0.15) is 125 Å². The van der Waals surface area contributed by atoms with Crippen molar-refractivity contribution in [3.63, 3.8) is 0 Å². The van der Waals surface area contributed by atoms with Gasteiger partial charge in [-0.15, -0.1) is 0 Å². The number of rotatable bonds is 48. The van der Waals surface area contributed by atoms with Crippen LogP contribution in [0.3, 0.4) is 0 Å². The zero-order chi connectivity index (χ0) is 82.1. The second-order valence-corrected chi connectivity index (χ2v) is 28.7. The molecule has 0 spiro atoms. The molecule has 0 aliphatic rings. The van der Waals surface area contributed by atoms with E-state index in [4.69, 9.17) is 71.1 Å². The van der Waals surface area contributed by atoms with E-state index >= 15 is 0 Å². The zero-order valence-electron chi connectivity index (χ0n) is 67.5. The summed E-state index contributed by atoms with van der Waals surface area (Å²) in [6.45, 7) is 28.6. The van der Waals surface area contributed by atoms with Gasteiger partial charge in [0.15, 0.2) is 17.3 Å². The second kappa shape index (κ2) is 48.3. The molecule has 0 radical (unpaired) electrons. The fourth-order valence-electron chi connectivity index (χ4n) is 10.2. The number of aromatic amines is 2. The van der Waals surface area contributed by atoms with Gasteiger partial charge < -0.3 is 101 Å². The predicted molar refractivity (Wildman–Crippen MR) is 431 cm³/mol. The van der Waals surface area contributed by atoms with E-state index < -0.39 is 16.2 Å². The lowest BCUT2D eigenvalue weighted by molar-refractivity contribution is 0.000164. The molecular formula is C84H111N9O21. The predicted octanol–water partition coefficient (Wildman–Crippen LogP) is 12.1. The van der Waals surface area contributed by atoms with Gasteiger partial charge in [0, 0.05) is 77.4 Å². The number of hydrogen-bond donors (Lipinski definition) is 5. The molecule has 0 saturated carbocycles. The van der Waals surface area contributed by atoms with Gasteiger partial charge in [-0.25, -0.2) is 15.0 Å². The summed E-state index contributed by atoms with van der Waals surface area (Å²) < 4.78 is 82.0. The number of amides is 3. The summed E-state index contributed by atoms with van der Waals surface area (Å²) in [7, 11) is 4.90. The Hall–Kier alpha value is -9.93. The number of nitrogens with one attached hydrogen (secondary N) is 5. The molecule has 0 saturated heterocycles. The van der Waals surface area contributed by atoms with E-state index in [-0.39, 0.29) is 35.1 Å². The summed E-state index contributed by atoms with van der Waals surface area (Å²) >= 11 is 0. The van der Waals surface area contributed by atoms with Crippen LogP contribution < -0.4 is 30.2 Å². The van der Waals surface area contributed by atoms with Gasteiger partial charge in [-0.3, -0.25) is 28.8 Å². The lowest BCUT2D eigenvalue weighted by Crippen LogP contribution is -2.20. The summed E-state index contributed by atoms with van der Waals surface area (Å²) in [5, 5.41) is 10.1. The van der Waals surface area contributed by atoms with Crippen molar-refractivity contribution < 1.29 is 99.8 Å². The number of aromatic nitrogens is 6. The highest BCUT2D eigenvalue weighted by atomic mass is 16.6. The maximum absolute atomic E-state index is 12.7. The monoisotopic (exact) mass is 1580 g/mol. The molecule has 0 atom stereocenters. The van der Waals surface area contributed by atoms with Gasteiger partial charge in [-0.1, -0.05) is 62.3 Å². The molecule has 9 aromatic rings. The number of nitrogens with zero attached hydrogens (tertiary/aromatic N) is 4. The first-order chi connectivity index (χ1) is 54.8. The molecule has 0 fully saturated rings. The Labute approximate surface area is 665 Å². The van der Waals surface area contributed by atoms with Crippen LogP contribution in [0, 0.1) is 16.2 Å². The van der Waals surface area contributed by atoms with Crippen LogP contribution >= 0.6 is 0 Å². The van der Waals surface area contributed by atoms with E-state index in [1.54, 1.807) is 160 Å². The van der Waals surface area contributed by atoms with Crippen LogP contribution in [0.5, 0.6) is 17.2 Å². The summed E-state index contributed by atoms with van der Waals surface area (Å²) in [5.41, 5.74) is 4.43. The number of ketones is 3. The molecule has 5 N–H and O–H groups in total. The van der Waals surface area contributed by atoms with Gasteiger partial charge in [-0.05, 0) is 109 Å². The molecule has 0 bridgehead atoms. The first kappa shape index (κ1) is 91.3. The first-order valence-electron chi connectivity index (χ1n) is 37.7. The van der Waals surface area contributed by atoms with Crippen LogP contribution in [0.15, 0.2) is 134 Å². The van der Waals surface area contributed by atoms with Gasteiger partial charge in [-0.2, -0.15) is 0 Å². The molecule has 0 aliphatic heterocycles. The van der Waals surface area contributed by atoms with E-state index in [0.29, 0.717) is 238 Å². The number of hydrogen-bond acceptors (Lipinski definition) is 24. The topological polar surface area (TPSA) is 352 Å². The van der Waals surface area contributed by atoms with Crippen molar-refractivity contribution >= 4 is 79.8 Å². The van der Waals surface area contributed by atoms with E-state index in [9.17, 15) is 28.8 Å². The maximum atomic E-state index is 12.7. The number of Topliss-reactive ketones (excluding diaryl/α,β-unsaturated/α-hetero) is 3. The number of fused-ring (bicyclic) bond motifs is 3. The molecule has 114 heavy (non-hydrogen) atoms. The lowest BCUT2D eigenvalue weighted by atomic mass is 9.89. The molecule has 0 aliphatic carbocycles. The molecule has 9 rings (SSSR count). The molecule has 6 heterocycles. The van der Waals surface area contributed by atoms with Crippen molar-refractivity contribution in [2.24, 2.45) is 16.2 Å². The van der Waals surface area contributed by atoms with Crippen molar-refractivity contribution in [1.29, 1.82) is 0 Å². The molecule has 3 amide bonds. The average molecular weight is 1580 g/mol. The zero-order valence-corrected chi connectivity index (χ0v) is 67.5. The lowest BCUT2D eigenvalue weighted by Gasteiger charge is -2.14. The number of methoxy groups -OCH3 is 3. The minimum absolute atomic E-state index is 0.000415. The SMILES string of the molecule is COCCOCCOCCOCCOc1ccc(C(=O)Nc2cc3cc(C(=O)C(C)(C)C)[nH]c3cn2)cc1.COCCOCCOCCOCCOc1ccc(C(=O)Nc2ccc3nc(C(=O)C(C)(C)C)cn3c2)cc1.COCCOCCOCCOCCOc1ccc(C(=O)Nc2cnc3[nH]c(C(=O)C(C)(C)C)cc3c2)cc1. The van der Waals surface area contributed by atoms with E-state index in [1.807, 2.05) is 62.3 Å². The summed E-state index contributed by atoms with van der Waals surface area (Å²) in [5.74, 6) is 1.47. The van der Waals surface area contributed by atoms with Crippen LogP contribution in [-0.4, -0.2) is 244 Å². The number of benzene rings is 3. The van der Waals surface area contributed by atoms with Crippen LogP contribution in [0.2, 0.25) is 0 Å². The summed E-state index contributed by atoms with van der Waals surface area (Å²) in [4.78, 5) is 94.8. The van der Waals surface area contributed by atoms with E-state index in [2.05, 4.69) is 40.9 Å². The third-order valence-electron chi connectivity index (χ3n) is 16.3. The molecule has 618 valence electrons. The molecule has 0 unspecified atom stereocenters. The van der Waals surface area contributed by atoms with Gasteiger partial charge in [0.2, 0.25) is 0 Å². The highest BCUT2D eigenvalue weighted by Crippen LogP contribution is 2.28. The molecule has 6 aromatic heterocycles. The third kappa shape index (κ3) is 32.5. The smallest absolute Gasteiger partial charge is 0.256 e. The van der Waals surface area contributed by atoms with Crippen molar-refractivity contribution in [3.05, 3.63) is 168 Å². The number of carbonyl (C=O) groups excluding carboxylic acids is 6. The largest absolute Gasteiger partial charge is 0.491 e. The van der Waals surface area contributed by atoms with E-state index in [0.717, 1.165) is 16.3 Å². The van der Waals surface area contributed by atoms with Gasteiger partial charge >= 0.3 is 0 Å². The quantitative estimate of drug-likeness (QED) is 0.0175. The Morgan fingerprint density at radius 1 is 0.360 bits per heavy atom. The normalized spacial score (nSPS) is 11.6. The Morgan fingerprint density at radius 3 is 1.11 bits per heavy atom. The van der Waals surface area contributed by atoms with Crippen LogP contribution in [0.25, 0.3) is 27.6 Å². The Kier molecular flexibility index (Phi) is 38.7. The molecular weight excluding hydrogens is 1470 g/mol. The highest BCUT2D eigenvalue weighted by Gasteiger charge is 2.28. The highest BCUT2D eigenvalue weighted by molar-refractivity contribution is 6.08. The number of imidazole rings is 1. The number of H-pyrrole nitrogens is 2. The number of pyridine rings is 3. The van der Waals surface area contributed by atoms with Crippen LogP contribution in [-0.2, 0) is 56.8 Å². The van der Waals surface area contributed by atoms with Crippen molar-refractivity contribution in [3.8, 4) is 17.2 Å².